The van der Waals surface area contributed by atoms with Crippen LogP contribution in [0.5, 0.6) is 0 Å². The summed E-state index contributed by atoms with van der Waals surface area (Å²) in [7, 11) is 0. The molecule has 2 N–H and O–H groups in total. The average Bonchev–Trinajstić information content (AvgIpc) is 2.16. The number of hydrogen-bond acceptors (Lipinski definition) is 4. The molecule has 0 radical (unpaired) electrons. The number of nitrogens with one attached hydrogen (secondary N) is 1. The molecule has 1 aliphatic carbocycles. The normalized spacial score (nSPS) is 24.4. The van der Waals surface area contributed by atoms with Crippen molar-refractivity contribution in [1.29, 1.82) is 0 Å². The second kappa shape index (κ2) is 4.12. The average molecular weight is 228 g/mol. The monoisotopic (exact) mass is 227 g/mol. The van der Waals surface area contributed by atoms with Crippen molar-refractivity contribution in [3.63, 3.8) is 0 Å². The largest absolute Gasteiger partial charge is 0.393 e. The molecule has 0 spiro atoms. The van der Waals surface area contributed by atoms with Gasteiger partial charge < -0.3 is 10.4 Å². The summed E-state index contributed by atoms with van der Waals surface area (Å²) in [4.78, 5) is 19.1. The fourth-order valence-electron chi connectivity index (χ4n) is 1.39. The highest BCUT2D eigenvalue weighted by molar-refractivity contribution is 6.29. The summed E-state index contributed by atoms with van der Waals surface area (Å²) < 4.78 is 0. The van der Waals surface area contributed by atoms with E-state index in [9.17, 15) is 4.79 Å². The van der Waals surface area contributed by atoms with Crippen LogP contribution >= 0.6 is 11.6 Å². The van der Waals surface area contributed by atoms with Gasteiger partial charge in [-0.15, -0.1) is 0 Å². The lowest BCUT2D eigenvalue weighted by Crippen LogP contribution is -2.46. The van der Waals surface area contributed by atoms with E-state index in [1.165, 1.54) is 12.4 Å². The van der Waals surface area contributed by atoms with Gasteiger partial charge in [0.25, 0.3) is 5.91 Å². The van der Waals surface area contributed by atoms with Gasteiger partial charge in [-0.1, -0.05) is 11.6 Å². The predicted octanol–water partition coefficient (Wildman–Crippen LogP) is 0.383. The van der Waals surface area contributed by atoms with Crippen LogP contribution in [0.3, 0.4) is 0 Å². The van der Waals surface area contributed by atoms with Gasteiger partial charge >= 0.3 is 0 Å². The Morgan fingerprint density at radius 1 is 1.47 bits per heavy atom. The summed E-state index contributed by atoms with van der Waals surface area (Å²) in [5.41, 5.74) is 0.237. The van der Waals surface area contributed by atoms with E-state index in [1.54, 1.807) is 0 Å². The molecule has 1 fully saturated rings. The Bertz CT molecular complexity index is 362. The van der Waals surface area contributed by atoms with Gasteiger partial charge in [0.2, 0.25) is 0 Å². The first-order valence-corrected chi connectivity index (χ1v) is 4.99. The van der Waals surface area contributed by atoms with Crippen molar-refractivity contribution in [2.75, 3.05) is 0 Å². The van der Waals surface area contributed by atoms with E-state index >= 15 is 0 Å². The maximum atomic E-state index is 11.5. The lowest BCUT2D eigenvalue weighted by molar-refractivity contribution is 0.0560. The highest BCUT2D eigenvalue weighted by Crippen LogP contribution is 2.19. The number of aromatic nitrogens is 2. The Labute approximate surface area is 91.5 Å². The molecule has 0 aliphatic heterocycles. The van der Waals surface area contributed by atoms with Crippen LogP contribution in [-0.2, 0) is 0 Å². The van der Waals surface area contributed by atoms with Crippen molar-refractivity contribution in [1.82, 2.24) is 15.3 Å². The summed E-state index contributed by atoms with van der Waals surface area (Å²) in [5, 5.41) is 12.0. The number of carbonyl (C=O) groups excluding carboxylic acids is 1. The van der Waals surface area contributed by atoms with E-state index in [2.05, 4.69) is 15.3 Å². The number of halogens is 1. The number of hydrogen-bond donors (Lipinski definition) is 2. The molecule has 2 rings (SSSR count). The van der Waals surface area contributed by atoms with E-state index < -0.39 is 0 Å². The molecule has 0 aromatic carbocycles. The van der Waals surface area contributed by atoms with E-state index in [4.69, 9.17) is 16.7 Å². The number of carbonyl (C=O) groups is 1. The smallest absolute Gasteiger partial charge is 0.271 e. The zero-order chi connectivity index (χ0) is 10.8. The summed E-state index contributed by atoms with van der Waals surface area (Å²) >= 11 is 5.54. The van der Waals surface area contributed by atoms with Crippen LogP contribution < -0.4 is 5.32 Å². The number of aliphatic hydroxyl groups is 1. The Kier molecular flexibility index (Phi) is 2.83. The van der Waals surface area contributed by atoms with Crippen LogP contribution in [0.25, 0.3) is 0 Å². The van der Waals surface area contributed by atoms with E-state index in [1.807, 2.05) is 0 Å². The molecule has 1 heterocycles. The molecule has 1 amide bonds. The maximum Gasteiger partial charge on any atom is 0.271 e. The zero-order valence-electron chi connectivity index (χ0n) is 7.85. The third-order valence-corrected chi connectivity index (χ3v) is 2.50. The van der Waals surface area contributed by atoms with Crippen LogP contribution in [0.15, 0.2) is 12.4 Å². The fraction of sp³-hybridized carbons (Fsp3) is 0.444. The number of rotatable bonds is 2. The first-order chi connectivity index (χ1) is 7.15. The minimum atomic E-state index is -0.286. The van der Waals surface area contributed by atoms with Gasteiger partial charge in [0, 0.05) is 6.04 Å². The van der Waals surface area contributed by atoms with Gasteiger partial charge in [0.05, 0.1) is 18.5 Å². The summed E-state index contributed by atoms with van der Waals surface area (Å²) in [6.07, 6.45) is 3.57. The van der Waals surface area contributed by atoms with Crippen LogP contribution in [0, 0.1) is 0 Å². The second-order valence-electron chi connectivity index (χ2n) is 3.52. The molecular weight excluding hydrogens is 218 g/mol. The molecule has 0 unspecified atom stereocenters. The number of nitrogens with zero attached hydrogens (tertiary/aromatic N) is 2. The van der Waals surface area contributed by atoms with Gasteiger partial charge in [0.15, 0.2) is 0 Å². The topological polar surface area (TPSA) is 75.1 Å². The summed E-state index contributed by atoms with van der Waals surface area (Å²) in [6.45, 7) is 0. The Morgan fingerprint density at radius 3 is 2.73 bits per heavy atom. The maximum absolute atomic E-state index is 11.5. The third kappa shape index (κ3) is 2.43. The lowest BCUT2D eigenvalue weighted by atomic mass is 9.89. The number of aliphatic hydroxyl groups excluding tert-OH is 1. The molecule has 5 nitrogen and oxygen atoms in total. The highest BCUT2D eigenvalue weighted by Gasteiger charge is 2.28. The standard InChI is InChI=1S/C9H10ClN3O2/c10-8-4-11-7(3-12-8)9(15)13-5-1-6(14)2-5/h3-6,14H,1-2H2,(H,13,15). The molecule has 0 atom stereocenters. The van der Waals surface area contributed by atoms with E-state index in [0.717, 1.165) is 0 Å². The Balaban J connectivity index is 1.93. The zero-order valence-corrected chi connectivity index (χ0v) is 8.61. The van der Waals surface area contributed by atoms with Crippen molar-refractivity contribution in [2.45, 2.75) is 25.0 Å². The molecule has 0 saturated heterocycles. The molecule has 1 aromatic heterocycles. The quantitative estimate of drug-likeness (QED) is 0.766. The summed E-state index contributed by atoms with van der Waals surface area (Å²) in [6, 6.07) is 0.0463. The van der Waals surface area contributed by atoms with Crippen molar-refractivity contribution in [3.05, 3.63) is 23.2 Å². The van der Waals surface area contributed by atoms with Crippen molar-refractivity contribution in [3.8, 4) is 0 Å². The fourth-order valence-corrected chi connectivity index (χ4v) is 1.49. The van der Waals surface area contributed by atoms with Crippen molar-refractivity contribution in [2.24, 2.45) is 0 Å². The van der Waals surface area contributed by atoms with Gasteiger partial charge in [0.1, 0.15) is 10.8 Å². The van der Waals surface area contributed by atoms with Crippen LogP contribution in [0.2, 0.25) is 5.15 Å². The lowest BCUT2D eigenvalue weighted by Gasteiger charge is -2.31. The van der Waals surface area contributed by atoms with Gasteiger partial charge in [-0.05, 0) is 12.8 Å². The molecule has 1 aromatic rings. The Hall–Kier alpha value is -1.20. The van der Waals surface area contributed by atoms with Gasteiger partial charge in [-0.2, -0.15) is 0 Å². The SMILES string of the molecule is O=C(NC1CC(O)C1)c1cnc(Cl)cn1. The summed E-state index contributed by atoms with van der Waals surface area (Å²) in [5.74, 6) is -0.281. The molecule has 80 valence electrons. The first-order valence-electron chi connectivity index (χ1n) is 4.61. The molecule has 6 heteroatoms. The predicted molar refractivity (Wildman–Crippen MR) is 53.5 cm³/mol. The first kappa shape index (κ1) is 10.3. The molecule has 15 heavy (non-hydrogen) atoms. The van der Waals surface area contributed by atoms with Crippen LogP contribution in [-0.4, -0.2) is 33.1 Å². The third-order valence-electron chi connectivity index (χ3n) is 2.30. The van der Waals surface area contributed by atoms with Crippen LogP contribution in [0.1, 0.15) is 23.3 Å². The van der Waals surface area contributed by atoms with Gasteiger partial charge in [-0.25, -0.2) is 9.97 Å². The Morgan fingerprint density at radius 2 is 2.20 bits per heavy atom. The molecule has 1 saturated carbocycles. The highest BCUT2D eigenvalue weighted by atomic mass is 35.5. The second-order valence-corrected chi connectivity index (χ2v) is 3.91. The molecular formula is C9H10ClN3O2. The van der Waals surface area contributed by atoms with Gasteiger partial charge in [-0.3, -0.25) is 4.79 Å². The molecule has 0 bridgehead atoms. The van der Waals surface area contributed by atoms with E-state index in [-0.39, 0.29) is 28.9 Å². The van der Waals surface area contributed by atoms with Crippen molar-refractivity contribution < 1.29 is 9.90 Å². The van der Waals surface area contributed by atoms with E-state index in [0.29, 0.717) is 12.8 Å². The number of amides is 1. The molecule has 1 aliphatic rings. The van der Waals surface area contributed by atoms with Crippen molar-refractivity contribution >= 4 is 17.5 Å². The van der Waals surface area contributed by atoms with Crippen LogP contribution in [0.4, 0.5) is 0 Å². The minimum Gasteiger partial charge on any atom is -0.393 e. The minimum absolute atomic E-state index is 0.0463.